The van der Waals surface area contributed by atoms with Crippen molar-refractivity contribution in [2.24, 2.45) is 0 Å². The van der Waals surface area contributed by atoms with Crippen LogP contribution in [0.5, 0.6) is 5.75 Å². The third-order valence-electron chi connectivity index (χ3n) is 5.38. The number of para-hydroxylation sites is 1. The highest BCUT2D eigenvalue weighted by molar-refractivity contribution is 7.13. The van der Waals surface area contributed by atoms with Gasteiger partial charge in [-0.15, -0.1) is 11.3 Å². The summed E-state index contributed by atoms with van der Waals surface area (Å²) in [6, 6.07) is 12.4. The lowest BCUT2D eigenvalue weighted by molar-refractivity contribution is -0.0103. The molecule has 1 saturated carbocycles. The molecule has 0 radical (unpaired) electrons. The monoisotopic (exact) mass is 453 g/mol. The zero-order valence-electron chi connectivity index (χ0n) is 16.7. The summed E-state index contributed by atoms with van der Waals surface area (Å²) < 4.78 is 17.9. The highest BCUT2D eigenvalue weighted by Crippen LogP contribution is 2.36. The van der Waals surface area contributed by atoms with Crippen LogP contribution in [-0.2, 0) is 4.74 Å². The molecule has 0 amide bonds. The van der Waals surface area contributed by atoms with Gasteiger partial charge < -0.3 is 13.9 Å². The Hall–Kier alpha value is -2.67. The fourth-order valence-electron chi connectivity index (χ4n) is 3.52. The lowest BCUT2D eigenvalue weighted by Gasteiger charge is -2.25. The van der Waals surface area contributed by atoms with Crippen molar-refractivity contribution in [1.82, 2.24) is 4.98 Å². The maximum absolute atomic E-state index is 12.7. The summed E-state index contributed by atoms with van der Waals surface area (Å²) in [6.07, 6.45) is 5.59. The molecular formula is C24H20ClNO4S. The van der Waals surface area contributed by atoms with Gasteiger partial charge in [-0.05, 0) is 43.5 Å². The Morgan fingerprint density at radius 2 is 2.06 bits per heavy atom. The van der Waals surface area contributed by atoms with Crippen LogP contribution in [0.25, 0.3) is 32.9 Å². The summed E-state index contributed by atoms with van der Waals surface area (Å²) in [5.74, 6) is 1.02. The minimum atomic E-state index is -0.151. The van der Waals surface area contributed by atoms with Crippen LogP contribution in [0.3, 0.4) is 0 Å². The molecule has 1 aliphatic carbocycles. The maximum Gasteiger partial charge on any atom is 0.193 e. The van der Waals surface area contributed by atoms with Gasteiger partial charge in [0.25, 0.3) is 0 Å². The first kappa shape index (κ1) is 20.2. The van der Waals surface area contributed by atoms with Gasteiger partial charge in [-0.3, -0.25) is 4.79 Å². The smallest absolute Gasteiger partial charge is 0.193 e. The summed E-state index contributed by atoms with van der Waals surface area (Å²) in [5, 5.41) is 3.67. The van der Waals surface area contributed by atoms with Gasteiger partial charge >= 0.3 is 0 Å². The number of thiazole rings is 1. The van der Waals surface area contributed by atoms with Crippen LogP contribution in [-0.4, -0.2) is 24.3 Å². The van der Waals surface area contributed by atoms with Crippen LogP contribution < -0.4 is 10.2 Å². The van der Waals surface area contributed by atoms with Gasteiger partial charge in [-0.1, -0.05) is 23.7 Å². The largest absolute Gasteiger partial charge is 0.490 e. The topological polar surface area (TPSA) is 61.6 Å². The number of benzene rings is 2. The van der Waals surface area contributed by atoms with E-state index in [-0.39, 0.29) is 5.43 Å². The Labute approximate surface area is 188 Å². The molecule has 0 saturated heterocycles. The molecule has 4 aromatic rings. The van der Waals surface area contributed by atoms with Crippen LogP contribution in [0.2, 0.25) is 5.02 Å². The summed E-state index contributed by atoms with van der Waals surface area (Å²) in [5.41, 5.74) is 1.84. The molecule has 0 spiro atoms. The minimum absolute atomic E-state index is 0.151. The first-order valence-corrected chi connectivity index (χ1v) is 11.5. The second-order valence-corrected chi connectivity index (χ2v) is 8.71. The van der Waals surface area contributed by atoms with Gasteiger partial charge in [0.2, 0.25) is 0 Å². The number of fused-ring (bicyclic) bond motifs is 1. The predicted molar refractivity (Wildman–Crippen MR) is 123 cm³/mol. The van der Waals surface area contributed by atoms with Crippen molar-refractivity contribution in [3.8, 4) is 27.6 Å². The van der Waals surface area contributed by atoms with E-state index in [4.69, 9.17) is 25.5 Å². The molecule has 5 rings (SSSR count). The second kappa shape index (κ2) is 8.83. The third-order valence-corrected chi connectivity index (χ3v) is 6.50. The van der Waals surface area contributed by atoms with E-state index in [1.165, 1.54) is 12.5 Å². The van der Waals surface area contributed by atoms with Gasteiger partial charge in [0.15, 0.2) is 11.0 Å². The zero-order chi connectivity index (χ0) is 21.2. The van der Waals surface area contributed by atoms with Gasteiger partial charge in [0, 0.05) is 23.2 Å². The average molecular weight is 454 g/mol. The van der Waals surface area contributed by atoms with E-state index in [0.29, 0.717) is 52.4 Å². The SMILES string of the molecule is O=c1cc(-c2ccc(-c3nccs3)cc2OCCOC2CCC2)oc2c(Cl)cccc12. The molecule has 1 fully saturated rings. The van der Waals surface area contributed by atoms with E-state index in [9.17, 15) is 4.79 Å². The number of aromatic nitrogens is 1. The molecule has 2 heterocycles. The van der Waals surface area contributed by atoms with Crippen molar-refractivity contribution in [1.29, 1.82) is 0 Å². The molecule has 5 nitrogen and oxygen atoms in total. The number of halogens is 1. The van der Waals surface area contributed by atoms with Crippen molar-refractivity contribution in [3.05, 3.63) is 69.3 Å². The second-order valence-electron chi connectivity index (χ2n) is 7.41. The zero-order valence-corrected chi connectivity index (χ0v) is 18.2. The molecule has 0 bridgehead atoms. The fraction of sp³-hybridized carbons (Fsp3) is 0.250. The number of rotatable bonds is 7. The van der Waals surface area contributed by atoms with Crippen LogP contribution in [0.1, 0.15) is 19.3 Å². The van der Waals surface area contributed by atoms with Crippen LogP contribution in [0.4, 0.5) is 0 Å². The Morgan fingerprint density at radius 3 is 2.84 bits per heavy atom. The summed E-state index contributed by atoms with van der Waals surface area (Å²) in [6.45, 7) is 0.919. The normalized spacial score (nSPS) is 14.0. The summed E-state index contributed by atoms with van der Waals surface area (Å²) in [7, 11) is 0. The Balaban J connectivity index is 1.51. The van der Waals surface area contributed by atoms with E-state index in [2.05, 4.69) is 4.98 Å². The van der Waals surface area contributed by atoms with Gasteiger partial charge in [-0.2, -0.15) is 0 Å². The van der Waals surface area contributed by atoms with Gasteiger partial charge in [0.05, 0.1) is 28.7 Å². The number of ether oxygens (including phenoxy) is 2. The molecule has 0 aliphatic heterocycles. The molecule has 7 heteroatoms. The quantitative estimate of drug-likeness (QED) is 0.312. The van der Waals surface area contributed by atoms with Crippen LogP contribution >= 0.6 is 22.9 Å². The first-order chi connectivity index (χ1) is 15.2. The van der Waals surface area contributed by atoms with Crippen molar-refractivity contribution >= 4 is 33.9 Å². The fourth-order valence-corrected chi connectivity index (χ4v) is 4.37. The first-order valence-electron chi connectivity index (χ1n) is 10.2. The van der Waals surface area contributed by atoms with Gasteiger partial charge in [0.1, 0.15) is 23.1 Å². The highest BCUT2D eigenvalue weighted by Gasteiger charge is 2.18. The molecular weight excluding hydrogens is 434 g/mol. The molecule has 0 N–H and O–H groups in total. The van der Waals surface area contributed by atoms with Crippen molar-refractivity contribution in [3.63, 3.8) is 0 Å². The van der Waals surface area contributed by atoms with Gasteiger partial charge in [-0.25, -0.2) is 4.98 Å². The molecule has 2 aromatic carbocycles. The van der Waals surface area contributed by atoms with Crippen molar-refractivity contribution in [2.45, 2.75) is 25.4 Å². The van der Waals surface area contributed by atoms with E-state index in [1.807, 2.05) is 23.6 Å². The molecule has 0 unspecified atom stereocenters. The van der Waals surface area contributed by atoms with E-state index >= 15 is 0 Å². The highest BCUT2D eigenvalue weighted by atomic mass is 35.5. The molecule has 1 aliphatic rings. The van der Waals surface area contributed by atoms with Crippen LogP contribution in [0, 0.1) is 0 Å². The van der Waals surface area contributed by atoms with Crippen LogP contribution in [0.15, 0.2) is 63.3 Å². The molecule has 0 atom stereocenters. The lowest BCUT2D eigenvalue weighted by Crippen LogP contribution is -2.23. The Morgan fingerprint density at radius 1 is 1.16 bits per heavy atom. The Bertz CT molecular complexity index is 1260. The van der Waals surface area contributed by atoms with Crippen molar-refractivity contribution < 1.29 is 13.9 Å². The summed E-state index contributed by atoms with van der Waals surface area (Å²) >= 11 is 7.84. The lowest BCUT2D eigenvalue weighted by atomic mass is 9.96. The molecule has 158 valence electrons. The van der Waals surface area contributed by atoms with E-state index in [0.717, 1.165) is 23.4 Å². The average Bonchev–Trinajstić information content (AvgIpc) is 3.28. The predicted octanol–water partition coefficient (Wildman–Crippen LogP) is 6.18. The van der Waals surface area contributed by atoms with E-state index in [1.54, 1.807) is 35.7 Å². The van der Waals surface area contributed by atoms with Crippen molar-refractivity contribution in [2.75, 3.05) is 13.2 Å². The Kier molecular flexibility index (Phi) is 5.76. The number of nitrogens with zero attached hydrogens (tertiary/aromatic N) is 1. The minimum Gasteiger partial charge on any atom is -0.490 e. The third kappa shape index (κ3) is 4.24. The molecule has 2 aromatic heterocycles. The van der Waals surface area contributed by atoms with E-state index < -0.39 is 0 Å². The summed E-state index contributed by atoms with van der Waals surface area (Å²) in [4.78, 5) is 17.1. The number of hydrogen-bond donors (Lipinski definition) is 0. The standard InChI is InChI=1S/C24H20ClNO4S/c25-19-6-2-5-17-20(27)14-22(30-23(17)19)18-8-7-15(24-26-9-12-31-24)13-21(18)29-11-10-28-16-3-1-4-16/h2,5-9,12-14,16H,1,3-4,10-11H2. The maximum atomic E-state index is 12.7. The molecule has 31 heavy (non-hydrogen) atoms. The number of hydrogen-bond acceptors (Lipinski definition) is 6.